The van der Waals surface area contributed by atoms with Crippen molar-refractivity contribution in [1.82, 2.24) is 5.32 Å². The minimum atomic E-state index is -1.26. The van der Waals surface area contributed by atoms with Crippen LogP contribution in [-0.4, -0.2) is 19.2 Å². The third-order valence-electron chi connectivity index (χ3n) is 0.595. The Hall–Kier alpha value is -1.29. The van der Waals surface area contributed by atoms with Crippen molar-refractivity contribution in [1.29, 1.82) is 0 Å². The van der Waals surface area contributed by atoms with E-state index in [0.29, 0.717) is 0 Å². The standard InChI is InChI=1S/C4H7NO2.C3H7N/c1-2-3-5-4(6)7;1-2-3-4/h2,5H,1,3H2,(H,6,7);2H,1,3-4H2. The van der Waals surface area contributed by atoms with Gasteiger partial charge in [-0.2, -0.15) is 0 Å². The third-order valence-corrected chi connectivity index (χ3v) is 0.595. The van der Waals surface area contributed by atoms with Crippen molar-refractivity contribution in [3.05, 3.63) is 25.3 Å². The average Bonchev–Trinajstić information content (AvgIpc) is 2.01. The molecule has 4 N–H and O–H groups in total. The molecule has 0 spiro atoms. The molecule has 0 aliphatic heterocycles. The molecule has 1 amide bonds. The first-order valence-electron chi connectivity index (χ1n) is 3.14. The van der Waals surface area contributed by atoms with Gasteiger partial charge in [-0.15, -0.1) is 6.58 Å². The molecule has 0 bridgehead atoms. The van der Waals surface area contributed by atoms with E-state index in [9.17, 15) is 9.90 Å². The Kier molecular flexibility index (Phi) is 13.0. The first-order valence-corrected chi connectivity index (χ1v) is 3.14. The molecular formula is C7H14N2O2. The molecule has 64 valence electrons. The molecule has 0 aromatic carbocycles. The summed E-state index contributed by atoms with van der Waals surface area (Å²) in [5.41, 5.74) is 3.49. The van der Waals surface area contributed by atoms with E-state index in [1.165, 1.54) is 6.08 Å². The maximum atomic E-state index is 9.49. The first-order chi connectivity index (χ1) is 5.18. The molecule has 0 aromatic heterocycles. The summed E-state index contributed by atoms with van der Waals surface area (Å²) >= 11 is 0. The Morgan fingerprint density at radius 2 is 2.00 bits per heavy atom. The van der Waals surface area contributed by atoms with Gasteiger partial charge in [-0.1, -0.05) is 12.7 Å². The van der Waals surface area contributed by atoms with E-state index in [-0.39, 0.29) is 6.54 Å². The molecule has 0 saturated carbocycles. The van der Waals surface area contributed by atoms with E-state index in [0.717, 1.165) is 6.54 Å². The van der Waals surface area contributed by atoms with Gasteiger partial charge in [0.15, 0.2) is 0 Å². The van der Waals surface area contributed by atoms with Crippen LogP contribution < -0.4 is 16.2 Å². The van der Waals surface area contributed by atoms with Gasteiger partial charge in [-0.3, -0.25) is 0 Å². The molecular weight excluding hydrogens is 144 g/mol. The van der Waals surface area contributed by atoms with Crippen molar-refractivity contribution in [3.8, 4) is 0 Å². The molecule has 0 fully saturated rings. The monoisotopic (exact) mass is 158 g/mol. The number of hydrogen-bond donors (Lipinski definition) is 2. The van der Waals surface area contributed by atoms with E-state index in [2.05, 4.69) is 18.9 Å². The molecule has 4 nitrogen and oxygen atoms in total. The molecule has 4 heteroatoms. The van der Waals surface area contributed by atoms with Gasteiger partial charge in [0.2, 0.25) is 0 Å². The number of amides is 1. The van der Waals surface area contributed by atoms with Crippen LogP contribution in [0.4, 0.5) is 4.79 Å². The lowest BCUT2D eigenvalue weighted by Crippen LogP contribution is -2.48. The van der Waals surface area contributed by atoms with Crippen LogP contribution in [0.2, 0.25) is 0 Å². The molecule has 0 aliphatic carbocycles. The van der Waals surface area contributed by atoms with Crippen LogP contribution in [0.3, 0.4) is 0 Å². The molecule has 0 heterocycles. The van der Waals surface area contributed by atoms with Gasteiger partial charge in [0.25, 0.3) is 0 Å². The van der Waals surface area contributed by atoms with E-state index in [1.807, 2.05) is 5.32 Å². The van der Waals surface area contributed by atoms with E-state index < -0.39 is 6.09 Å². The summed E-state index contributed by atoms with van der Waals surface area (Å²) in [4.78, 5) is 9.49. The lowest BCUT2D eigenvalue weighted by molar-refractivity contribution is -0.352. The lowest BCUT2D eigenvalue weighted by Gasteiger charge is -1.99. The number of rotatable bonds is 3. The van der Waals surface area contributed by atoms with Gasteiger partial charge in [0, 0.05) is 6.54 Å². The molecule has 0 atom stereocenters. The predicted molar refractivity (Wildman–Crippen MR) is 41.5 cm³/mol. The van der Waals surface area contributed by atoms with Crippen LogP contribution in [0.5, 0.6) is 0 Å². The summed E-state index contributed by atoms with van der Waals surface area (Å²) in [6, 6.07) is 0. The minimum Gasteiger partial charge on any atom is -0.530 e. The second-order valence-corrected chi connectivity index (χ2v) is 1.53. The normalized spacial score (nSPS) is 7.00. The zero-order chi connectivity index (χ0) is 9.11. The van der Waals surface area contributed by atoms with Crippen LogP contribution in [0.1, 0.15) is 0 Å². The molecule has 0 unspecified atom stereocenters. The topological polar surface area (TPSA) is 79.8 Å². The highest BCUT2D eigenvalue weighted by Gasteiger charge is 1.72. The van der Waals surface area contributed by atoms with Gasteiger partial charge in [-0.25, -0.2) is 0 Å². The summed E-state index contributed by atoms with van der Waals surface area (Å²) in [5.74, 6) is 0. The molecule has 0 radical (unpaired) electrons. The fourth-order valence-electron chi connectivity index (χ4n) is 0.156. The Labute approximate surface area is 66.4 Å². The Bertz CT molecular complexity index is 124. The van der Waals surface area contributed by atoms with Crippen molar-refractivity contribution in [2.45, 2.75) is 0 Å². The number of quaternary nitrogens is 1. The fraction of sp³-hybridized carbons (Fsp3) is 0.286. The van der Waals surface area contributed by atoms with E-state index >= 15 is 0 Å². The van der Waals surface area contributed by atoms with Crippen LogP contribution >= 0.6 is 0 Å². The molecule has 0 rings (SSSR count). The van der Waals surface area contributed by atoms with E-state index in [1.54, 1.807) is 6.08 Å². The smallest absolute Gasteiger partial charge is 0.134 e. The summed E-state index contributed by atoms with van der Waals surface area (Å²) in [6.45, 7) is 7.78. The summed E-state index contributed by atoms with van der Waals surface area (Å²) < 4.78 is 0. The van der Waals surface area contributed by atoms with Crippen molar-refractivity contribution in [2.24, 2.45) is 0 Å². The van der Waals surface area contributed by atoms with Crippen molar-refractivity contribution >= 4 is 6.09 Å². The van der Waals surface area contributed by atoms with Gasteiger partial charge >= 0.3 is 0 Å². The quantitative estimate of drug-likeness (QED) is 0.491. The van der Waals surface area contributed by atoms with Crippen LogP contribution in [0, 0.1) is 0 Å². The predicted octanol–water partition coefficient (Wildman–Crippen LogP) is -1.48. The maximum Gasteiger partial charge on any atom is 0.134 e. The second-order valence-electron chi connectivity index (χ2n) is 1.53. The van der Waals surface area contributed by atoms with Gasteiger partial charge in [0.1, 0.15) is 6.09 Å². The van der Waals surface area contributed by atoms with Gasteiger partial charge in [0.05, 0.1) is 6.54 Å². The van der Waals surface area contributed by atoms with Crippen LogP contribution in [0.15, 0.2) is 25.3 Å². The highest BCUT2D eigenvalue weighted by atomic mass is 16.4. The minimum absolute atomic E-state index is 0.252. The largest absolute Gasteiger partial charge is 0.530 e. The number of carbonyl (C=O) groups is 1. The third kappa shape index (κ3) is 28.5. The SMILES string of the molecule is C=CCNC(=O)[O-].C=CC[NH3+]. The summed E-state index contributed by atoms with van der Waals surface area (Å²) in [6.07, 6.45) is 1.94. The number of carbonyl (C=O) groups excluding carboxylic acids is 1. The zero-order valence-electron chi connectivity index (χ0n) is 6.51. The Morgan fingerprint density at radius 3 is 2.09 bits per heavy atom. The summed E-state index contributed by atoms with van der Waals surface area (Å²) in [7, 11) is 0. The zero-order valence-corrected chi connectivity index (χ0v) is 6.51. The average molecular weight is 158 g/mol. The lowest BCUT2D eigenvalue weighted by atomic mass is 10.6. The van der Waals surface area contributed by atoms with E-state index in [4.69, 9.17) is 0 Å². The van der Waals surface area contributed by atoms with Crippen LogP contribution in [0.25, 0.3) is 0 Å². The van der Waals surface area contributed by atoms with Crippen molar-refractivity contribution in [3.63, 3.8) is 0 Å². The Morgan fingerprint density at radius 1 is 1.55 bits per heavy atom. The summed E-state index contributed by atoms with van der Waals surface area (Å²) in [5, 5.41) is 11.5. The number of nitrogens with one attached hydrogen (secondary N) is 1. The number of hydrogen-bond acceptors (Lipinski definition) is 2. The highest BCUT2D eigenvalue weighted by Crippen LogP contribution is 1.55. The molecule has 0 saturated heterocycles. The van der Waals surface area contributed by atoms with Crippen molar-refractivity contribution in [2.75, 3.05) is 13.1 Å². The molecule has 11 heavy (non-hydrogen) atoms. The number of carboxylic acid groups (broad SMARTS) is 1. The molecule has 0 aliphatic rings. The van der Waals surface area contributed by atoms with Gasteiger partial charge in [-0.05, 0) is 6.08 Å². The second kappa shape index (κ2) is 11.5. The first kappa shape index (κ1) is 12.4. The Balaban J connectivity index is 0. The van der Waals surface area contributed by atoms with Crippen molar-refractivity contribution < 1.29 is 15.6 Å². The van der Waals surface area contributed by atoms with Gasteiger partial charge < -0.3 is 21.0 Å². The molecule has 0 aromatic rings. The maximum absolute atomic E-state index is 9.49. The highest BCUT2D eigenvalue weighted by molar-refractivity contribution is 5.61. The fourth-order valence-corrected chi connectivity index (χ4v) is 0.156. The van der Waals surface area contributed by atoms with Crippen LogP contribution in [-0.2, 0) is 0 Å².